The van der Waals surface area contributed by atoms with Crippen molar-refractivity contribution in [3.05, 3.63) is 36.0 Å². The number of anilines is 1. The Morgan fingerprint density at radius 2 is 2.07 bits per heavy atom. The molecule has 0 saturated heterocycles. The molecule has 1 aliphatic carbocycles. The lowest BCUT2D eigenvalue weighted by Gasteiger charge is -2.23. The molecule has 0 bridgehead atoms. The van der Waals surface area contributed by atoms with Gasteiger partial charge in [0.1, 0.15) is 11.6 Å². The predicted octanol–water partition coefficient (Wildman–Crippen LogP) is 5.34. The number of hydrogen-bond acceptors (Lipinski definition) is 4. The van der Waals surface area contributed by atoms with Gasteiger partial charge in [0, 0.05) is 30.8 Å². The van der Waals surface area contributed by atoms with Crippen LogP contribution in [-0.4, -0.2) is 35.5 Å². The maximum atomic E-state index is 14.9. The van der Waals surface area contributed by atoms with E-state index >= 15 is 0 Å². The lowest BCUT2D eigenvalue weighted by molar-refractivity contribution is 0.130. The van der Waals surface area contributed by atoms with E-state index in [0.29, 0.717) is 30.3 Å². The van der Waals surface area contributed by atoms with Crippen LogP contribution >= 0.6 is 0 Å². The molecule has 2 aromatic rings. The number of carbonyl (C=O) groups excluding carboxylic acids is 1. The molecular weight excluding hydrogens is 373 g/mol. The molecule has 6 nitrogen and oxygen atoms in total. The molecule has 7 heteroatoms. The van der Waals surface area contributed by atoms with Crippen LogP contribution in [-0.2, 0) is 16.0 Å². The molecule has 1 aromatic heterocycles. The highest BCUT2D eigenvalue weighted by Gasteiger charge is 2.23. The maximum absolute atomic E-state index is 14.9. The summed E-state index contributed by atoms with van der Waals surface area (Å²) >= 11 is 0. The number of ether oxygens (including phenoxy) is 2. The molecule has 1 saturated carbocycles. The van der Waals surface area contributed by atoms with Crippen LogP contribution in [0.15, 0.2) is 24.4 Å². The zero-order chi connectivity index (χ0) is 20.8. The van der Waals surface area contributed by atoms with Crippen molar-refractivity contribution in [3.63, 3.8) is 0 Å². The highest BCUT2D eigenvalue weighted by molar-refractivity contribution is 5.85. The first-order valence-electron chi connectivity index (χ1n) is 10.3. The van der Waals surface area contributed by atoms with Crippen LogP contribution in [0.4, 0.5) is 14.9 Å². The summed E-state index contributed by atoms with van der Waals surface area (Å²) in [6.07, 6.45) is 6.82. The molecule has 29 heavy (non-hydrogen) atoms. The van der Waals surface area contributed by atoms with E-state index < -0.39 is 11.9 Å². The summed E-state index contributed by atoms with van der Waals surface area (Å²) in [6.45, 7) is 4.67. The average molecular weight is 403 g/mol. The van der Waals surface area contributed by atoms with E-state index in [1.807, 2.05) is 0 Å². The summed E-state index contributed by atoms with van der Waals surface area (Å²) < 4.78 is 27.3. The fourth-order valence-corrected chi connectivity index (χ4v) is 3.87. The van der Waals surface area contributed by atoms with Gasteiger partial charge in [-0.05, 0) is 44.9 Å². The predicted molar refractivity (Wildman–Crippen MR) is 111 cm³/mol. The fraction of sp³-hybridized carbons (Fsp3) is 0.545. The topological polar surface area (TPSA) is 65.4 Å². The summed E-state index contributed by atoms with van der Waals surface area (Å²) in [5.74, 6) is 1.00. The molecule has 1 heterocycles. The van der Waals surface area contributed by atoms with Gasteiger partial charge >= 0.3 is 6.09 Å². The van der Waals surface area contributed by atoms with E-state index in [1.54, 1.807) is 39.3 Å². The van der Waals surface area contributed by atoms with Gasteiger partial charge in [-0.1, -0.05) is 19.3 Å². The minimum absolute atomic E-state index is 0.243. The minimum Gasteiger partial charge on any atom is -0.447 e. The molecule has 1 fully saturated rings. The summed E-state index contributed by atoms with van der Waals surface area (Å²) in [5, 5.41) is 2.55. The number of imidazole rings is 1. The van der Waals surface area contributed by atoms with Crippen LogP contribution in [0, 0.1) is 5.82 Å². The second kappa shape index (κ2) is 9.87. The number of amides is 1. The third-order valence-corrected chi connectivity index (χ3v) is 5.21. The molecule has 1 aromatic carbocycles. The van der Waals surface area contributed by atoms with Gasteiger partial charge in [0.15, 0.2) is 0 Å². The molecule has 0 aliphatic heterocycles. The van der Waals surface area contributed by atoms with Crippen molar-refractivity contribution in [1.82, 2.24) is 9.55 Å². The van der Waals surface area contributed by atoms with Gasteiger partial charge in [-0.2, -0.15) is 0 Å². The minimum atomic E-state index is -0.600. The van der Waals surface area contributed by atoms with Crippen LogP contribution < -0.4 is 5.32 Å². The van der Waals surface area contributed by atoms with Crippen LogP contribution in [0.2, 0.25) is 0 Å². The van der Waals surface area contributed by atoms with Crippen molar-refractivity contribution in [2.24, 2.45) is 0 Å². The van der Waals surface area contributed by atoms with Crippen molar-refractivity contribution in [2.75, 3.05) is 19.0 Å². The van der Waals surface area contributed by atoms with Crippen molar-refractivity contribution in [1.29, 1.82) is 0 Å². The van der Waals surface area contributed by atoms with Crippen molar-refractivity contribution < 1.29 is 18.7 Å². The van der Waals surface area contributed by atoms with E-state index in [-0.39, 0.29) is 6.10 Å². The Morgan fingerprint density at radius 1 is 1.31 bits per heavy atom. The highest BCUT2D eigenvalue weighted by atomic mass is 19.1. The first-order chi connectivity index (χ1) is 14.0. The quantitative estimate of drug-likeness (QED) is 0.678. The lowest BCUT2D eigenvalue weighted by Crippen LogP contribution is -2.18. The SMILES string of the molecule is COCCn1c(-c2ccc(NC(=O)OC(C)C)cc2F)cnc1C1CCCCC1. The maximum Gasteiger partial charge on any atom is 0.411 e. The summed E-state index contributed by atoms with van der Waals surface area (Å²) in [7, 11) is 1.66. The van der Waals surface area contributed by atoms with E-state index in [0.717, 1.165) is 24.4 Å². The monoisotopic (exact) mass is 403 g/mol. The smallest absolute Gasteiger partial charge is 0.411 e. The number of benzene rings is 1. The Hall–Kier alpha value is -2.41. The lowest BCUT2D eigenvalue weighted by atomic mass is 9.88. The van der Waals surface area contributed by atoms with Gasteiger partial charge in [0.05, 0.1) is 24.6 Å². The Morgan fingerprint density at radius 3 is 2.72 bits per heavy atom. The molecular formula is C22H30FN3O3. The first-order valence-corrected chi connectivity index (χ1v) is 10.3. The number of carbonyl (C=O) groups is 1. The molecule has 0 unspecified atom stereocenters. The summed E-state index contributed by atoms with van der Waals surface area (Å²) in [6, 6.07) is 4.66. The Bertz CT molecular complexity index is 829. The standard InChI is InChI=1S/C22H30FN3O3/c1-15(2)29-22(27)25-17-9-10-18(19(23)13-17)20-14-24-21(26(20)11-12-28-3)16-7-5-4-6-8-16/h9-10,13-16H,4-8,11-12H2,1-3H3,(H,25,27). The molecule has 1 amide bonds. The highest BCUT2D eigenvalue weighted by Crippen LogP contribution is 2.35. The first kappa shape index (κ1) is 21.3. The van der Waals surface area contributed by atoms with Crippen LogP contribution in [0.1, 0.15) is 57.7 Å². The number of methoxy groups -OCH3 is 1. The third-order valence-electron chi connectivity index (χ3n) is 5.21. The molecule has 0 spiro atoms. The van der Waals surface area contributed by atoms with E-state index in [1.165, 1.54) is 25.3 Å². The van der Waals surface area contributed by atoms with E-state index in [2.05, 4.69) is 14.9 Å². The van der Waals surface area contributed by atoms with E-state index in [9.17, 15) is 9.18 Å². The largest absolute Gasteiger partial charge is 0.447 e. The summed E-state index contributed by atoms with van der Waals surface area (Å²) in [4.78, 5) is 16.4. The van der Waals surface area contributed by atoms with Crippen molar-refractivity contribution >= 4 is 11.8 Å². The van der Waals surface area contributed by atoms with Crippen LogP contribution in [0.5, 0.6) is 0 Å². The van der Waals surface area contributed by atoms with Gasteiger partial charge < -0.3 is 14.0 Å². The Labute approximate surface area is 171 Å². The van der Waals surface area contributed by atoms with Crippen LogP contribution in [0.3, 0.4) is 0 Å². The van der Waals surface area contributed by atoms with Gasteiger partial charge in [0.2, 0.25) is 0 Å². The van der Waals surface area contributed by atoms with E-state index in [4.69, 9.17) is 9.47 Å². The van der Waals surface area contributed by atoms with Crippen LogP contribution in [0.25, 0.3) is 11.3 Å². The van der Waals surface area contributed by atoms with Crippen molar-refractivity contribution in [3.8, 4) is 11.3 Å². The fourth-order valence-electron chi connectivity index (χ4n) is 3.87. The molecule has 1 N–H and O–H groups in total. The second-order valence-electron chi connectivity index (χ2n) is 7.75. The number of nitrogens with zero attached hydrogens (tertiary/aromatic N) is 2. The van der Waals surface area contributed by atoms with Crippen molar-refractivity contribution in [2.45, 2.75) is 64.5 Å². The third kappa shape index (κ3) is 5.35. The van der Waals surface area contributed by atoms with Gasteiger partial charge in [-0.3, -0.25) is 5.32 Å². The zero-order valence-corrected chi connectivity index (χ0v) is 17.4. The Balaban J connectivity index is 1.87. The number of nitrogens with one attached hydrogen (secondary N) is 1. The number of hydrogen-bond donors (Lipinski definition) is 1. The average Bonchev–Trinajstić information content (AvgIpc) is 3.10. The zero-order valence-electron chi connectivity index (χ0n) is 17.4. The molecule has 158 valence electrons. The second-order valence-corrected chi connectivity index (χ2v) is 7.75. The number of rotatable bonds is 7. The summed E-state index contributed by atoms with van der Waals surface area (Å²) in [5.41, 5.74) is 1.54. The number of halogens is 1. The van der Waals surface area contributed by atoms with Gasteiger partial charge in [-0.25, -0.2) is 14.2 Å². The molecule has 3 rings (SSSR count). The Kier molecular flexibility index (Phi) is 7.25. The molecule has 0 atom stereocenters. The normalized spacial score (nSPS) is 14.9. The van der Waals surface area contributed by atoms with Gasteiger partial charge in [0.25, 0.3) is 0 Å². The van der Waals surface area contributed by atoms with Gasteiger partial charge in [-0.15, -0.1) is 0 Å². The number of aromatic nitrogens is 2. The molecule has 0 radical (unpaired) electrons. The molecule has 1 aliphatic rings.